The monoisotopic (exact) mass is 247 g/mol. The van der Waals surface area contributed by atoms with Crippen molar-refractivity contribution >= 4 is 11.6 Å². The second kappa shape index (κ2) is 7.20. The molecule has 0 heterocycles. The lowest BCUT2D eigenvalue weighted by atomic mass is 10.0. The molecule has 0 aliphatic rings. The van der Waals surface area contributed by atoms with Gasteiger partial charge in [0, 0.05) is 11.6 Å². The smallest absolute Gasteiger partial charge is 0.227 e. The second-order valence-electron chi connectivity index (χ2n) is 4.84. The van der Waals surface area contributed by atoms with Gasteiger partial charge in [0.25, 0.3) is 0 Å². The summed E-state index contributed by atoms with van der Waals surface area (Å²) >= 11 is 0. The molecule has 0 fully saturated rings. The van der Waals surface area contributed by atoms with Crippen molar-refractivity contribution < 1.29 is 4.79 Å². The molecule has 1 rings (SSSR count). The predicted octanol–water partition coefficient (Wildman–Crippen LogP) is 4.19. The molecule has 0 spiro atoms. The van der Waals surface area contributed by atoms with Crippen molar-refractivity contribution in [1.82, 2.24) is 0 Å². The van der Waals surface area contributed by atoms with Crippen LogP contribution in [-0.2, 0) is 17.6 Å². The number of para-hydroxylation sites is 1. The van der Waals surface area contributed by atoms with E-state index >= 15 is 0 Å². The number of amides is 1. The third-order valence-corrected chi connectivity index (χ3v) is 3.42. The van der Waals surface area contributed by atoms with E-state index in [0.717, 1.165) is 31.4 Å². The number of nitrogens with one attached hydrogen (secondary N) is 1. The van der Waals surface area contributed by atoms with E-state index in [2.05, 4.69) is 44.3 Å². The molecule has 0 aliphatic heterocycles. The molecular weight excluding hydrogens is 222 g/mol. The average Bonchev–Trinajstić information content (AvgIpc) is 2.39. The van der Waals surface area contributed by atoms with Gasteiger partial charge >= 0.3 is 0 Å². The lowest BCUT2D eigenvalue weighted by Crippen LogP contribution is -2.21. The van der Waals surface area contributed by atoms with E-state index in [1.165, 1.54) is 11.1 Å². The van der Waals surface area contributed by atoms with Crippen LogP contribution in [-0.4, -0.2) is 5.91 Å². The van der Waals surface area contributed by atoms with Gasteiger partial charge in [0.05, 0.1) is 0 Å². The first kappa shape index (κ1) is 14.7. The van der Waals surface area contributed by atoms with Crippen LogP contribution in [0.2, 0.25) is 0 Å². The fraction of sp³-hybridized carbons (Fsp3) is 0.562. The van der Waals surface area contributed by atoms with Gasteiger partial charge in [-0.3, -0.25) is 4.79 Å². The number of benzene rings is 1. The Hall–Kier alpha value is -1.31. The molecule has 0 radical (unpaired) electrons. The zero-order valence-corrected chi connectivity index (χ0v) is 12.0. The number of carbonyl (C=O) groups is 1. The average molecular weight is 247 g/mol. The highest BCUT2D eigenvalue weighted by atomic mass is 16.1. The molecular formula is C16H25NO. The summed E-state index contributed by atoms with van der Waals surface area (Å²) in [5.74, 6) is 0.233. The fourth-order valence-corrected chi connectivity index (χ4v) is 2.21. The molecule has 0 bridgehead atoms. The van der Waals surface area contributed by atoms with Crippen molar-refractivity contribution in [2.45, 2.75) is 53.4 Å². The molecule has 1 aromatic rings. The highest BCUT2D eigenvalue weighted by Gasteiger charge is 2.15. The highest BCUT2D eigenvalue weighted by molar-refractivity contribution is 5.93. The first-order valence-corrected chi connectivity index (χ1v) is 7.05. The molecule has 1 aromatic carbocycles. The zero-order valence-electron chi connectivity index (χ0n) is 12.0. The van der Waals surface area contributed by atoms with Crippen LogP contribution in [0, 0.1) is 5.92 Å². The predicted molar refractivity (Wildman–Crippen MR) is 77.9 cm³/mol. The zero-order chi connectivity index (χ0) is 13.5. The summed E-state index contributed by atoms with van der Waals surface area (Å²) in [5.41, 5.74) is 3.49. The lowest BCUT2D eigenvalue weighted by molar-refractivity contribution is -0.119. The number of hydrogen-bond donors (Lipinski definition) is 1. The summed E-state index contributed by atoms with van der Waals surface area (Å²) in [4.78, 5) is 12.1. The molecule has 0 aliphatic carbocycles. The molecule has 0 saturated carbocycles. The van der Waals surface area contributed by atoms with E-state index in [1.807, 2.05) is 6.92 Å². The van der Waals surface area contributed by atoms with Crippen LogP contribution < -0.4 is 5.32 Å². The summed E-state index contributed by atoms with van der Waals surface area (Å²) in [5, 5.41) is 3.13. The summed E-state index contributed by atoms with van der Waals surface area (Å²) in [6.45, 7) is 8.36. The van der Waals surface area contributed by atoms with Crippen LogP contribution in [0.5, 0.6) is 0 Å². The Morgan fingerprint density at radius 1 is 1.17 bits per heavy atom. The van der Waals surface area contributed by atoms with E-state index in [9.17, 15) is 4.79 Å². The van der Waals surface area contributed by atoms with Gasteiger partial charge in [-0.25, -0.2) is 0 Å². The van der Waals surface area contributed by atoms with E-state index < -0.39 is 0 Å². The summed E-state index contributed by atoms with van der Waals surface area (Å²) in [6, 6.07) is 6.27. The first-order valence-electron chi connectivity index (χ1n) is 7.05. The van der Waals surface area contributed by atoms with Gasteiger partial charge < -0.3 is 5.32 Å². The van der Waals surface area contributed by atoms with Crippen LogP contribution in [0.25, 0.3) is 0 Å². The minimum atomic E-state index is 0.0876. The first-order chi connectivity index (χ1) is 8.63. The van der Waals surface area contributed by atoms with Crippen LogP contribution in [0.4, 0.5) is 5.69 Å². The summed E-state index contributed by atoms with van der Waals surface area (Å²) < 4.78 is 0. The van der Waals surface area contributed by atoms with Gasteiger partial charge in [0.2, 0.25) is 5.91 Å². The van der Waals surface area contributed by atoms with E-state index in [4.69, 9.17) is 0 Å². The Labute approximate surface area is 111 Å². The quantitative estimate of drug-likeness (QED) is 0.802. The topological polar surface area (TPSA) is 29.1 Å². The summed E-state index contributed by atoms with van der Waals surface area (Å²) in [7, 11) is 0. The summed E-state index contributed by atoms with van der Waals surface area (Å²) in [6.07, 6.45) is 3.89. The van der Waals surface area contributed by atoms with Crippen molar-refractivity contribution in [2.24, 2.45) is 5.92 Å². The normalized spacial score (nSPS) is 12.2. The Morgan fingerprint density at radius 3 is 2.17 bits per heavy atom. The molecule has 2 heteroatoms. The molecule has 1 atom stereocenters. The number of anilines is 1. The van der Waals surface area contributed by atoms with Crippen LogP contribution in [0.3, 0.4) is 0 Å². The van der Waals surface area contributed by atoms with Crippen LogP contribution in [0.15, 0.2) is 18.2 Å². The van der Waals surface area contributed by atoms with Gasteiger partial charge in [0.1, 0.15) is 0 Å². The number of rotatable bonds is 6. The van der Waals surface area contributed by atoms with Gasteiger partial charge in [-0.1, -0.05) is 52.3 Å². The minimum absolute atomic E-state index is 0.0876. The van der Waals surface area contributed by atoms with Crippen molar-refractivity contribution in [1.29, 1.82) is 0 Å². The molecule has 0 aromatic heterocycles. The maximum atomic E-state index is 12.1. The van der Waals surface area contributed by atoms with Gasteiger partial charge in [-0.15, -0.1) is 0 Å². The molecule has 2 nitrogen and oxygen atoms in total. The Bertz CT molecular complexity index is 376. The van der Waals surface area contributed by atoms with Crippen LogP contribution in [0.1, 0.15) is 51.7 Å². The number of aryl methyl sites for hydroxylation is 2. The van der Waals surface area contributed by atoms with E-state index in [-0.39, 0.29) is 11.8 Å². The van der Waals surface area contributed by atoms with Crippen LogP contribution >= 0.6 is 0 Å². The second-order valence-corrected chi connectivity index (χ2v) is 4.84. The SMILES string of the molecule is CCC[C@H](C)C(=O)Nc1c(CC)cccc1CC. The third-order valence-electron chi connectivity index (χ3n) is 3.42. The maximum absolute atomic E-state index is 12.1. The highest BCUT2D eigenvalue weighted by Crippen LogP contribution is 2.23. The fourth-order valence-electron chi connectivity index (χ4n) is 2.21. The Balaban J connectivity index is 2.91. The van der Waals surface area contributed by atoms with Crippen molar-refractivity contribution in [3.05, 3.63) is 29.3 Å². The molecule has 100 valence electrons. The number of carbonyl (C=O) groups excluding carboxylic acids is 1. The van der Waals surface area contributed by atoms with Gasteiger partial charge in [-0.2, -0.15) is 0 Å². The maximum Gasteiger partial charge on any atom is 0.227 e. The minimum Gasteiger partial charge on any atom is -0.325 e. The van der Waals surface area contributed by atoms with Gasteiger partial charge in [0.15, 0.2) is 0 Å². The van der Waals surface area contributed by atoms with Gasteiger partial charge in [-0.05, 0) is 30.4 Å². The largest absolute Gasteiger partial charge is 0.325 e. The molecule has 1 amide bonds. The van der Waals surface area contributed by atoms with Crippen molar-refractivity contribution in [3.8, 4) is 0 Å². The van der Waals surface area contributed by atoms with Crippen molar-refractivity contribution in [3.63, 3.8) is 0 Å². The third kappa shape index (κ3) is 3.59. The Kier molecular flexibility index (Phi) is 5.90. The molecule has 1 N–H and O–H groups in total. The standard InChI is InChI=1S/C16H25NO/c1-5-9-12(4)16(18)17-15-13(6-2)10-8-11-14(15)7-3/h8,10-12H,5-7,9H2,1-4H3,(H,17,18)/t12-/m0/s1. The molecule has 0 unspecified atom stereocenters. The molecule has 18 heavy (non-hydrogen) atoms. The van der Waals surface area contributed by atoms with Crippen molar-refractivity contribution in [2.75, 3.05) is 5.32 Å². The number of hydrogen-bond acceptors (Lipinski definition) is 1. The van der Waals surface area contributed by atoms with E-state index in [1.54, 1.807) is 0 Å². The molecule has 0 saturated heterocycles. The lowest BCUT2D eigenvalue weighted by Gasteiger charge is -2.17. The Morgan fingerprint density at radius 2 is 1.72 bits per heavy atom. The van der Waals surface area contributed by atoms with E-state index in [0.29, 0.717) is 0 Å².